The average molecular weight is 298 g/mol. The lowest BCUT2D eigenvalue weighted by Gasteiger charge is -2.30. The van der Waals surface area contributed by atoms with E-state index >= 15 is 0 Å². The predicted molar refractivity (Wildman–Crippen MR) is 83.3 cm³/mol. The SMILES string of the molecule is CN(CCCC(=O)O)C(=O)N1CCCC(C(C)(C)C)CC1. The molecule has 1 saturated heterocycles. The topological polar surface area (TPSA) is 60.9 Å². The van der Waals surface area contributed by atoms with Gasteiger partial charge in [-0.15, -0.1) is 0 Å². The van der Waals surface area contributed by atoms with Crippen molar-refractivity contribution in [2.45, 2.75) is 52.9 Å². The Labute approximate surface area is 128 Å². The van der Waals surface area contributed by atoms with Crippen molar-refractivity contribution in [2.75, 3.05) is 26.7 Å². The van der Waals surface area contributed by atoms with Crippen molar-refractivity contribution in [3.63, 3.8) is 0 Å². The van der Waals surface area contributed by atoms with Crippen molar-refractivity contribution in [3.05, 3.63) is 0 Å². The standard InChI is InChI=1S/C16H30N2O3/c1-16(2,3)13-7-5-11-18(12-9-13)15(21)17(4)10-6-8-14(19)20/h13H,5-12H2,1-4H3,(H,19,20). The summed E-state index contributed by atoms with van der Waals surface area (Å²) in [6, 6.07) is 0.0370. The summed E-state index contributed by atoms with van der Waals surface area (Å²) in [7, 11) is 1.76. The van der Waals surface area contributed by atoms with Crippen LogP contribution in [-0.4, -0.2) is 53.6 Å². The molecule has 0 spiro atoms. The van der Waals surface area contributed by atoms with E-state index in [1.54, 1.807) is 11.9 Å². The van der Waals surface area contributed by atoms with Crippen LogP contribution in [0.1, 0.15) is 52.9 Å². The van der Waals surface area contributed by atoms with Gasteiger partial charge in [0.25, 0.3) is 0 Å². The lowest BCUT2D eigenvalue weighted by atomic mass is 9.77. The molecule has 2 amide bonds. The first-order valence-electron chi connectivity index (χ1n) is 7.93. The van der Waals surface area contributed by atoms with Crippen LogP contribution < -0.4 is 0 Å². The monoisotopic (exact) mass is 298 g/mol. The molecule has 1 rings (SSSR count). The Morgan fingerprint density at radius 2 is 1.90 bits per heavy atom. The van der Waals surface area contributed by atoms with E-state index in [0.717, 1.165) is 25.9 Å². The van der Waals surface area contributed by atoms with Crippen LogP contribution >= 0.6 is 0 Å². The highest BCUT2D eigenvalue weighted by molar-refractivity contribution is 5.74. The molecule has 5 heteroatoms. The summed E-state index contributed by atoms with van der Waals surface area (Å²) in [5.41, 5.74) is 0.298. The molecule has 0 bridgehead atoms. The third kappa shape index (κ3) is 5.94. The number of amides is 2. The average Bonchev–Trinajstić information content (AvgIpc) is 2.62. The number of carboxylic acid groups (broad SMARTS) is 1. The van der Waals surface area contributed by atoms with Crippen LogP contribution in [0.3, 0.4) is 0 Å². The summed E-state index contributed by atoms with van der Waals surface area (Å²) in [4.78, 5) is 26.5. The van der Waals surface area contributed by atoms with Crippen LogP contribution in [-0.2, 0) is 4.79 Å². The molecule has 1 unspecified atom stereocenters. The number of carbonyl (C=O) groups is 2. The molecule has 0 saturated carbocycles. The summed E-state index contributed by atoms with van der Waals surface area (Å²) in [5.74, 6) is -0.147. The summed E-state index contributed by atoms with van der Waals surface area (Å²) in [6.07, 6.45) is 3.91. The molecule has 0 aliphatic carbocycles. The van der Waals surface area contributed by atoms with Gasteiger partial charge in [-0.3, -0.25) is 4.79 Å². The molecule has 1 aliphatic heterocycles. The molecule has 0 aromatic rings. The number of carbonyl (C=O) groups excluding carboxylic acids is 1. The smallest absolute Gasteiger partial charge is 0.319 e. The van der Waals surface area contributed by atoms with Crippen LogP contribution in [0.25, 0.3) is 0 Å². The van der Waals surface area contributed by atoms with Gasteiger partial charge in [-0.05, 0) is 37.0 Å². The number of hydrogen-bond acceptors (Lipinski definition) is 2. The van der Waals surface area contributed by atoms with Crippen LogP contribution in [0, 0.1) is 11.3 Å². The van der Waals surface area contributed by atoms with Crippen LogP contribution in [0.4, 0.5) is 4.79 Å². The molecule has 1 atom stereocenters. The lowest BCUT2D eigenvalue weighted by molar-refractivity contribution is -0.137. The Morgan fingerprint density at radius 3 is 2.48 bits per heavy atom. The van der Waals surface area contributed by atoms with Crippen LogP contribution in [0.15, 0.2) is 0 Å². The minimum absolute atomic E-state index is 0.0370. The molecular formula is C16H30N2O3. The normalized spacial score (nSPS) is 20.0. The molecule has 1 heterocycles. The fraction of sp³-hybridized carbons (Fsp3) is 0.875. The van der Waals surface area contributed by atoms with Gasteiger partial charge in [0, 0.05) is 33.1 Å². The van der Waals surface area contributed by atoms with E-state index in [0.29, 0.717) is 24.3 Å². The van der Waals surface area contributed by atoms with E-state index in [4.69, 9.17) is 5.11 Å². The maximum Gasteiger partial charge on any atom is 0.319 e. The van der Waals surface area contributed by atoms with Crippen molar-refractivity contribution in [2.24, 2.45) is 11.3 Å². The largest absolute Gasteiger partial charge is 0.481 e. The quantitative estimate of drug-likeness (QED) is 0.867. The second kappa shape index (κ2) is 7.66. The van der Waals surface area contributed by atoms with Gasteiger partial charge in [-0.25, -0.2) is 4.79 Å². The van der Waals surface area contributed by atoms with Gasteiger partial charge in [0.05, 0.1) is 0 Å². The third-order valence-electron chi connectivity index (χ3n) is 4.43. The van der Waals surface area contributed by atoms with Crippen molar-refractivity contribution >= 4 is 12.0 Å². The van der Waals surface area contributed by atoms with E-state index in [-0.39, 0.29) is 12.5 Å². The first-order chi connectivity index (χ1) is 9.71. The zero-order valence-electron chi connectivity index (χ0n) is 13.9. The van der Waals surface area contributed by atoms with E-state index in [1.165, 1.54) is 6.42 Å². The van der Waals surface area contributed by atoms with Gasteiger partial charge < -0.3 is 14.9 Å². The summed E-state index contributed by atoms with van der Waals surface area (Å²) in [5, 5.41) is 8.64. The van der Waals surface area contributed by atoms with Crippen LogP contribution in [0.2, 0.25) is 0 Å². The van der Waals surface area contributed by atoms with Gasteiger partial charge >= 0.3 is 12.0 Å². The molecular weight excluding hydrogens is 268 g/mol. The fourth-order valence-electron chi connectivity index (χ4n) is 2.96. The number of likely N-dealkylation sites (tertiary alicyclic amines) is 1. The Morgan fingerprint density at radius 1 is 1.24 bits per heavy atom. The lowest BCUT2D eigenvalue weighted by Crippen LogP contribution is -2.42. The van der Waals surface area contributed by atoms with Crippen molar-refractivity contribution in [1.82, 2.24) is 9.80 Å². The second-order valence-electron chi connectivity index (χ2n) is 7.18. The van der Waals surface area contributed by atoms with E-state index in [1.807, 2.05) is 4.90 Å². The maximum absolute atomic E-state index is 12.4. The minimum atomic E-state index is -0.807. The van der Waals surface area contributed by atoms with Crippen molar-refractivity contribution in [3.8, 4) is 0 Å². The molecule has 1 aliphatic rings. The first kappa shape index (κ1) is 17.8. The summed E-state index contributed by atoms with van der Waals surface area (Å²) >= 11 is 0. The maximum atomic E-state index is 12.4. The second-order valence-corrected chi connectivity index (χ2v) is 7.18. The number of carboxylic acids is 1. The van der Waals surface area contributed by atoms with Crippen molar-refractivity contribution < 1.29 is 14.7 Å². The summed E-state index contributed by atoms with van der Waals surface area (Å²) in [6.45, 7) is 8.94. The molecule has 0 radical (unpaired) electrons. The van der Waals surface area contributed by atoms with Gasteiger partial charge in [-0.2, -0.15) is 0 Å². The number of nitrogens with zero attached hydrogens (tertiary/aromatic N) is 2. The molecule has 0 aromatic heterocycles. The van der Waals surface area contributed by atoms with Crippen LogP contribution in [0.5, 0.6) is 0 Å². The zero-order chi connectivity index (χ0) is 16.0. The highest BCUT2D eigenvalue weighted by atomic mass is 16.4. The molecule has 21 heavy (non-hydrogen) atoms. The predicted octanol–water partition coefficient (Wildman–Crippen LogP) is 3.05. The molecule has 122 valence electrons. The molecule has 0 aromatic carbocycles. The Kier molecular flexibility index (Phi) is 6.49. The molecule has 1 N–H and O–H groups in total. The Hall–Kier alpha value is -1.26. The number of aliphatic carboxylic acids is 1. The fourth-order valence-corrected chi connectivity index (χ4v) is 2.96. The third-order valence-corrected chi connectivity index (χ3v) is 4.43. The molecule has 1 fully saturated rings. The van der Waals surface area contributed by atoms with E-state index in [2.05, 4.69) is 20.8 Å². The van der Waals surface area contributed by atoms with Gasteiger partial charge in [0.2, 0.25) is 0 Å². The Bertz CT molecular complexity index is 363. The zero-order valence-corrected chi connectivity index (χ0v) is 13.9. The highest BCUT2D eigenvalue weighted by Gasteiger charge is 2.29. The van der Waals surface area contributed by atoms with E-state index < -0.39 is 5.97 Å². The van der Waals surface area contributed by atoms with Gasteiger partial charge in [0.15, 0.2) is 0 Å². The van der Waals surface area contributed by atoms with Gasteiger partial charge in [-0.1, -0.05) is 20.8 Å². The van der Waals surface area contributed by atoms with Gasteiger partial charge in [0.1, 0.15) is 0 Å². The molecule has 5 nitrogen and oxygen atoms in total. The number of hydrogen-bond donors (Lipinski definition) is 1. The minimum Gasteiger partial charge on any atom is -0.481 e. The Balaban J connectivity index is 2.45. The highest BCUT2D eigenvalue weighted by Crippen LogP contribution is 2.34. The number of rotatable bonds is 4. The number of urea groups is 1. The summed E-state index contributed by atoms with van der Waals surface area (Å²) < 4.78 is 0. The first-order valence-corrected chi connectivity index (χ1v) is 7.93. The van der Waals surface area contributed by atoms with Crippen molar-refractivity contribution in [1.29, 1.82) is 0 Å². The van der Waals surface area contributed by atoms with E-state index in [9.17, 15) is 9.59 Å².